The van der Waals surface area contributed by atoms with Crippen LogP contribution in [0.4, 0.5) is 5.69 Å². The molecule has 1 aromatic rings. The zero-order valence-corrected chi connectivity index (χ0v) is 9.48. The maximum Gasteiger partial charge on any atom is 0.0638 e. The molecule has 1 N–H and O–H groups in total. The van der Waals surface area contributed by atoms with Crippen LogP contribution >= 0.6 is 0 Å². The van der Waals surface area contributed by atoms with E-state index in [-0.39, 0.29) is 12.6 Å². The number of benzene rings is 1. The van der Waals surface area contributed by atoms with Gasteiger partial charge in [-0.2, -0.15) is 0 Å². The molecule has 0 aliphatic carbocycles. The molecule has 2 nitrogen and oxygen atoms in total. The first-order valence-corrected chi connectivity index (χ1v) is 5.67. The highest BCUT2D eigenvalue weighted by atomic mass is 16.3. The lowest BCUT2D eigenvalue weighted by Crippen LogP contribution is -2.37. The average Bonchev–Trinajstić information content (AvgIpc) is 2.56. The number of anilines is 1. The van der Waals surface area contributed by atoms with Crippen LogP contribution in [-0.2, 0) is 6.42 Å². The van der Waals surface area contributed by atoms with Crippen molar-refractivity contribution in [2.75, 3.05) is 18.1 Å². The Bertz CT molecular complexity index is 335. The van der Waals surface area contributed by atoms with Gasteiger partial charge in [-0.3, -0.25) is 0 Å². The molecule has 0 aromatic heterocycles. The molecule has 0 amide bonds. The minimum absolute atomic E-state index is 0.251. The van der Waals surface area contributed by atoms with Gasteiger partial charge in [-0.25, -0.2) is 0 Å². The first-order valence-electron chi connectivity index (χ1n) is 5.67. The zero-order chi connectivity index (χ0) is 10.8. The molecule has 2 rings (SSSR count). The van der Waals surface area contributed by atoms with Crippen molar-refractivity contribution in [3.05, 3.63) is 29.8 Å². The number of aliphatic hydroxyl groups excluding tert-OH is 1. The van der Waals surface area contributed by atoms with E-state index in [2.05, 4.69) is 43.0 Å². The third kappa shape index (κ3) is 2.00. The van der Waals surface area contributed by atoms with Gasteiger partial charge < -0.3 is 10.0 Å². The quantitative estimate of drug-likeness (QED) is 0.816. The summed E-state index contributed by atoms with van der Waals surface area (Å²) in [5.74, 6) is 0.630. The predicted octanol–water partition coefficient (Wildman–Crippen LogP) is 2.07. The van der Waals surface area contributed by atoms with E-state index >= 15 is 0 Å². The Hall–Kier alpha value is -1.02. The van der Waals surface area contributed by atoms with Crippen molar-refractivity contribution in [2.24, 2.45) is 5.92 Å². The Morgan fingerprint density at radius 2 is 2.13 bits per heavy atom. The van der Waals surface area contributed by atoms with Crippen molar-refractivity contribution < 1.29 is 5.11 Å². The highest BCUT2D eigenvalue weighted by molar-refractivity contribution is 5.59. The van der Waals surface area contributed by atoms with E-state index in [9.17, 15) is 5.11 Å². The topological polar surface area (TPSA) is 23.5 Å². The number of hydrogen-bond donors (Lipinski definition) is 1. The van der Waals surface area contributed by atoms with Crippen molar-refractivity contribution >= 4 is 5.69 Å². The highest BCUT2D eigenvalue weighted by Crippen LogP contribution is 2.32. The monoisotopic (exact) mass is 205 g/mol. The number of hydrogen-bond acceptors (Lipinski definition) is 2. The number of nitrogens with zero attached hydrogens (tertiary/aromatic N) is 1. The molecular weight excluding hydrogens is 186 g/mol. The van der Waals surface area contributed by atoms with E-state index in [4.69, 9.17) is 0 Å². The second kappa shape index (κ2) is 4.23. The Morgan fingerprint density at radius 1 is 1.40 bits per heavy atom. The smallest absolute Gasteiger partial charge is 0.0638 e. The van der Waals surface area contributed by atoms with E-state index in [0.29, 0.717) is 5.92 Å². The molecule has 0 spiro atoms. The molecule has 1 heterocycles. The second-order valence-corrected chi connectivity index (χ2v) is 4.72. The summed E-state index contributed by atoms with van der Waals surface area (Å²) in [6.45, 7) is 5.72. The van der Waals surface area contributed by atoms with Crippen molar-refractivity contribution in [1.29, 1.82) is 0 Å². The molecule has 0 radical (unpaired) electrons. The molecule has 15 heavy (non-hydrogen) atoms. The third-order valence-electron chi connectivity index (χ3n) is 2.97. The fourth-order valence-electron chi connectivity index (χ4n) is 2.33. The van der Waals surface area contributed by atoms with Crippen LogP contribution in [0.25, 0.3) is 0 Å². The molecule has 0 saturated heterocycles. The summed E-state index contributed by atoms with van der Waals surface area (Å²) in [5.41, 5.74) is 2.68. The van der Waals surface area contributed by atoms with E-state index in [1.165, 1.54) is 11.3 Å². The fourth-order valence-corrected chi connectivity index (χ4v) is 2.33. The molecule has 1 atom stereocenters. The van der Waals surface area contributed by atoms with E-state index < -0.39 is 0 Å². The Labute approximate surface area is 91.5 Å². The van der Waals surface area contributed by atoms with Gasteiger partial charge in [0.05, 0.1) is 12.6 Å². The lowest BCUT2D eigenvalue weighted by molar-refractivity contribution is 0.261. The van der Waals surface area contributed by atoms with Crippen molar-refractivity contribution in [2.45, 2.75) is 26.3 Å². The summed E-state index contributed by atoms with van der Waals surface area (Å²) < 4.78 is 0. The summed E-state index contributed by atoms with van der Waals surface area (Å²) in [6, 6.07) is 8.76. The van der Waals surface area contributed by atoms with Crippen LogP contribution in [0.2, 0.25) is 0 Å². The standard InChI is InChI=1S/C13H19NO/c1-10(2)8-14-12(9-15)7-11-5-3-4-6-13(11)14/h3-6,10,12,15H,7-9H2,1-2H3/t12-/m0/s1. The van der Waals surface area contributed by atoms with E-state index in [0.717, 1.165) is 13.0 Å². The molecule has 0 saturated carbocycles. The van der Waals surface area contributed by atoms with Gasteiger partial charge in [0.2, 0.25) is 0 Å². The third-order valence-corrected chi connectivity index (χ3v) is 2.97. The molecule has 1 aromatic carbocycles. The molecule has 1 aliphatic heterocycles. The van der Waals surface area contributed by atoms with E-state index in [1.54, 1.807) is 0 Å². The van der Waals surface area contributed by atoms with Crippen molar-refractivity contribution in [1.82, 2.24) is 0 Å². The summed E-state index contributed by atoms with van der Waals surface area (Å²) in [6.07, 6.45) is 0.986. The average molecular weight is 205 g/mol. The Morgan fingerprint density at radius 3 is 2.80 bits per heavy atom. The van der Waals surface area contributed by atoms with Crippen LogP contribution in [0.15, 0.2) is 24.3 Å². The van der Waals surface area contributed by atoms with Crippen LogP contribution in [0.5, 0.6) is 0 Å². The molecule has 0 unspecified atom stereocenters. The van der Waals surface area contributed by atoms with Crippen LogP contribution in [-0.4, -0.2) is 24.3 Å². The van der Waals surface area contributed by atoms with Crippen LogP contribution in [0, 0.1) is 5.92 Å². The van der Waals surface area contributed by atoms with Gasteiger partial charge in [0.1, 0.15) is 0 Å². The van der Waals surface area contributed by atoms with E-state index in [1.807, 2.05) is 0 Å². The maximum atomic E-state index is 9.38. The first-order chi connectivity index (χ1) is 7.22. The van der Waals surface area contributed by atoms with Gasteiger partial charge in [0.25, 0.3) is 0 Å². The van der Waals surface area contributed by atoms with Gasteiger partial charge in [0, 0.05) is 12.2 Å². The lowest BCUT2D eigenvalue weighted by Gasteiger charge is -2.28. The van der Waals surface area contributed by atoms with Crippen molar-refractivity contribution in [3.63, 3.8) is 0 Å². The van der Waals surface area contributed by atoms with Crippen LogP contribution in [0.1, 0.15) is 19.4 Å². The normalized spacial score (nSPS) is 19.7. The van der Waals surface area contributed by atoms with Gasteiger partial charge in [-0.15, -0.1) is 0 Å². The largest absolute Gasteiger partial charge is 0.394 e. The summed E-state index contributed by atoms with van der Waals surface area (Å²) >= 11 is 0. The fraction of sp³-hybridized carbons (Fsp3) is 0.538. The number of aliphatic hydroxyl groups is 1. The Balaban J connectivity index is 2.25. The highest BCUT2D eigenvalue weighted by Gasteiger charge is 2.28. The molecule has 0 bridgehead atoms. The molecule has 0 fully saturated rings. The molecule has 82 valence electrons. The van der Waals surface area contributed by atoms with Crippen LogP contribution in [0.3, 0.4) is 0 Å². The van der Waals surface area contributed by atoms with Crippen LogP contribution < -0.4 is 4.90 Å². The second-order valence-electron chi connectivity index (χ2n) is 4.72. The minimum atomic E-state index is 0.251. The Kier molecular flexibility index (Phi) is 2.96. The first kappa shape index (κ1) is 10.5. The van der Waals surface area contributed by atoms with Crippen molar-refractivity contribution in [3.8, 4) is 0 Å². The predicted molar refractivity (Wildman–Crippen MR) is 63.2 cm³/mol. The summed E-state index contributed by atoms with van der Waals surface area (Å²) in [4.78, 5) is 2.35. The van der Waals surface area contributed by atoms with Gasteiger partial charge >= 0.3 is 0 Å². The zero-order valence-electron chi connectivity index (χ0n) is 9.48. The minimum Gasteiger partial charge on any atom is -0.394 e. The molecule has 1 aliphatic rings. The van der Waals surface area contributed by atoms with Gasteiger partial charge in [-0.1, -0.05) is 32.0 Å². The number of fused-ring (bicyclic) bond motifs is 1. The SMILES string of the molecule is CC(C)CN1c2ccccc2C[C@H]1CO. The van der Waals surface area contributed by atoms with Gasteiger partial charge in [0.15, 0.2) is 0 Å². The molecule has 2 heteroatoms. The number of rotatable bonds is 3. The lowest BCUT2D eigenvalue weighted by atomic mass is 10.1. The summed E-state index contributed by atoms with van der Waals surface area (Å²) in [7, 11) is 0. The maximum absolute atomic E-state index is 9.38. The molecular formula is C13H19NO. The van der Waals surface area contributed by atoms with Gasteiger partial charge in [-0.05, 0) is 24.0 Å². The number of para-hydroxylation sites is 1. The summed E-state index contributed by atoms with van der Waals surface area (Å²) in [5, 5.41) is 9.38.